The molecule has 0 aliphatic carbocycles. The molecule has 4 N–H and O–H groups in total. The monoisotopic (exact) mass is 494 g/mol. The fraction of sp³-hybridized carbons (Fsp3) is 0. The van der Waals surface area contributed by atoms with Gasteiger partial charge in [-0.3, -0.25) is 0 Å². The summed E-state index contributed by atoms with van der Waals surface area (Å²) in [4.78, 5) is 70.1. The van der Waals surface area contributed by atoms with Crippen LogP contribution in [0.25, 0.3) is 0 Å². The summed E-state index contributed by atoms with van der Waals surface area (Å²) < 4.78 is 10.2. The van der Waals surface area contributed by atoms with Crippen molar-refractivity contribution in [3.8, 4) is 11.5 Å². The zero-order valence-corrected chi connectivity index (χ0v) is 17.8. The Labute approximate surface area is 200 Å². The van der Waals surface area contributed by atoms with E-state index in [0.29, 0.717) is 0 Å². The molecule has 0 bridgehead atoms. The highest BCUT2D eigenvalue weighted by Gasteiger charge is 2.30. The van der Waals surface area contributed by atoms with Gasteiger partial charge in [0.2, 0.25) is 0 Å². The van der Waals surface area contributed by atoms with Gasteiger partial charge in [-0.25, -0.2) is 28.8 Å². The van der Waals surface area contributed by atoms with Crippen molar-refractivity contribution in [1.82, 2.24) is 0 Å². The zero-order valence-electron chi connectivity index (χ0n) is 17.8. The van der Waals surface area contributed by atoms with Crippen LogP contribution in [0.15, 0.2) is 60.7 Å². The molecule has 0 aliphatic heterocycles. The van der Waals surface area contributed by atoms with Crippen molar-refractivity contribution < 1.29 is 58.7 Å². The quantitative estimate of drug-likeness (QED) is 0.264. The molecule has 0 spiro atoms. The summed E-state index contributed by atoms with van der Waals surface area (Å²) >= 11 is 0. The fourth-order valence-corrected chi connectivity index (χ4v) is 3.05. The fourth-order valence-electron chi connectivity index (χ4n) is 3.05. The van der Waals surface area contributed by atoms with E-state index in [9.17, 15) is 39.0 Å². The molecule has 0 saturated carbocycles. The van der Waals surface area contributed by atoms with Crippen LogP contribution in [0.3, 0.4) is 0 Å². The van der Waals surface area contributed by atoms with Gasteiger partial charge in [0.05, 0.1) is 33.4 Å². The molecule has 12 nitrogen and oxygen atoms in total. The molecule has 0 amide bonds. The van der Waals surface area contributed by atoms with Gasteiger partial charge in [0, 0.05) is 0 Å². The van der Waals surface area contributed by atoms with Gasteiger partial charge in [-0.15, -0.1) is 0 Å². The maximum atomic E-state index is 12.6. The van der Waals surface area contributed by atoms with Crippen LogP contribution < -0.4 is 9.47 Å². The molecule has 12 heteroatoms. The van der Waals surface area contributed by atoms with Gasteiger partial charge >= 0.3 is 35.8 Å². The Morgan fingerprint density at radius 1 is 0.444 bits per heavy atom. The number of carboxylic acid groups (broad SMARTS) is 4. The van der Waals surface area contributed by atoms with Crippen molar-refractivity contribution in [3.05, 3.63) is 94.0 Å². The molecule has 3 rings (SSSR count). The minimum atomic E-state index is -1.86. The third-order valence-corrected chi connectivity index (χ3v) is 4.70. The molecule has 0 aromatic heterocycles. The number of aromatic carboxylic acids is 4. The molecular formula is C24H14O12. The Kier molecular flexibility index (Phi) is 7.10. The standard InChI is InChI=1S/C24H14O12/c25-19(26)11-1-3-12(4-2-11)23(33)35-13-5-7-14(8-6-13)36-24(34)16-10-9-15(20(27)28)17(21(29)30)18(16)22(31)32/h1-10H,(H,25,26)(H,27,28)(H,29,30)(H,31,32). The average molecular weight is 494 g/mol. The van der Waals surface area contributed by atoms with Gasteiger partial charge in [-0.05, 0) is 60.7 Å². The number of carboxylic acids is 4. The van der Waals surface area contributed by atoms with Crippen molar-refractivity contribution >= 4 is 35.8 Å². The molecular weight excluding hydrogens is 480 g/mol. The van der Waals surface area contributed by atoms with Crippen molar-refractivity contribution in [2.45, 2.75) is 0 Å². The predicted octanol–water partition coefficient (Wildman–Crippen LogP) is 2.92. The van der Waals surface area contributed by atoms with E-state index in [1.54, 1.807) is 0 Å². The lowest BCUT2D eigenvalue weighted by Crippen LogP contribution is -2.21. The Hall–Kier alpha value is -5.52. The van der Waals surface area contributed by atoms with E-state index in [1.807, 2.05) is 0 Å². The van der Waals surface area contributed by atoms with Gasteiger partial charge in [-0.1, -0.05) is 0 Å². The first-order chi connectivity index (χ1) is 17.0. The smallest absolute Gasteiger partial charge is 0.344 e. The van der Waals surface area contributed by atoms with Gasteiger partial charge < -0.3 is 29.9 Å². The van der Waals surface area contributed by atoms with E-state index in [1.165, 1.54) is 48.5 Å². The number of esters is 2. The second-order valence-corrected chi connectivity index (χ2v) is 6.96. The van der Waals surface area contributed by atoms with Crippen molar-refractivity contribution in [1.29, 1.82) is 0 Å². The molecule has 0 unspecified atom stereocenters. The van der Waals surface area contributed by atoms with E-state index in [2.05, 4.69) is 0 Å². The molecule has 0 heterocycles. The average Bonchev–Trinajstić information content (AvgIpc) is 2.84. The molecule has 0 saturated heterocycles. The second-order valence-electron chi connectivity index (χ2n) is 6.96. The van der Waals surface area contributed by atoms with Gasteiger partial charge in [0.25, 0.3) is 0 Å². The first kappa shape index (κ1) is 25.1. The maximum absolute atomic E-state index is 12.6. The molecule has 36 heavy (non-hydrogen) atoms. The van der Waals surface area contributed by atoms with Crippen LogP contribution in [0.2, 0.25) is 0 Å². The molecule has 0 fully saturated rings. The van der Waals surface area contributed by atoms with Crippen LogP contribution in [-0.4, -0.2) is 56.2 Å². The van der Waals surface area contributed by atoms with E-state index < -0.39 is 58.1 Å². The lowest BCUT2D eigenvalue weighted by atomic mass is 9.95. The number of rotatable bonds is 8. The van der Waals surface area contributed by atoms with Gasteiger partial charge in [-0.2, -0.15) is 0 Å². The van der Waals surface area contributed by atoms with Crippen molar-refractivity contribution in [2.75, 3.05) is 0 Å². The highest BCUT2D eigenvalue weighted by atomic mass is 16.5. The molecule has 182 valence electrons. The lowest BCUT2D eigenvalue weighted by molar-refractivity contribution is 0.0624. The first-order valence-electron chi connectivity index (χ1n) is 9.74. The summed E-state index contributed by atoms with van der Waals surface area (Å²) in [5.41, 5.74) is -3.58. The summed E-state index contributed by atoms with van der Waals surface area (Å²) in [6, 6.07) is 11.5. The maximum Gasteiger partial charge on any atom is 0.344 e. The lowest BCUT2D eigenvalue weighted by Gasteiger charge is -2.12. The third-order valence-electron chi connectivity index (χ3n) is 4.70. The Bertz CT molecular complexity index is 1400. The normalized spacial score (nSPS) is 10.2. The number of benzene rings is 3. The summed E-state index contributed by atoms with van der Waals surface area (Å²) in [6.45, 7) is 0. The first-order valence-corrected chi connectivity index (χ1v) is 9.74. The Morgan fingerprint density at radius 3 is 1.31 bits per heavy atom. The van der Waals surface area contributed by atoms with E-state index >= 15 is 0 Å². The number of hydrogen-bond acceptors (Lipinski definition) is 8. The van der Waals surface area contributed by atoms with Crippen LogP contribution in [0, 0.1) is 0 Å². The van der Waals surface area contributed by atoms with Gasteiger partial charge in [0.1, 0.15) is 11.5 Å². The molecule has 3 aromatic carbocycles. The topological polar surface area (TPSA) is 202 Å². The highest BCUT2D eigenvalue weighted by molar-refractivity contribution is 6.14. The van der Waals surface area contributed by atoms with Crippen LogP contribution >= 0.6 is 0 Å². The van der Waals surface area contributed by atoms with Crippen LogP contribution in [-0.2, 0) is 0 Å². The zero-order chi connectivity index (χ0) is 26.6. The minimum Gasteiger partial charge on any atom is -0.478 e. The van der Waals surface area contributed by atoms with Crippen LogP contribution in [0.5, 0.6) is 11.5 Å². The summed E-state index contributed by atoms with van der Waals surface area (Å²) in [7, 11) is 0. The largest absolute Gasteiger partial charge is 0.478 e. The Morgan fingerprint density at radius 2 is 0.861 bits per heavy atom. The second kappa shape index (κ2) is 10.2. The molecule has 3 aromatic rings. The van der Waals surface area contributed by atoms with E-state index in [4.69, 9.17) is 19.7 Å². The number of carbonyl (C=O) groups is 6. The predicted molar refractivity (Wildman–Crippen MR) is 117 cm³/mol. The van der Waals surface area contributed by atoms with Crippen molar-refractivity contribution in [2.24, 2.45) is 0 Å². The van der Waals surface area contributed by atoms with Crippen LogP contribution in [0.1, 0.15) is 62.1 Å². The highest BCUT2D eigenvalue weighted by Crippen LogP contribution is 2.24. The molecule has 0 aliphatic rings. The summed E-state index contributed by atoms with van der Waals surface area (Å²) in [5, 5.41) is 36.8. The van der Waals surface area contributed by atoms with E-state index in [0.717, 1.165) is 12.1 Å². The molecule has 0 atom stereocenters. The van der Waals surface area contributed by atoms with Crippen LogP contribution in [0.4, 0.5) is 0 Å². The van der Waals surface area contributed by atoms with Gasteiger partial charge in [0.15, 0.2) is 0 Å². The van der Waals surface area contributed by atoms with E-state index in [-0.39, 0.29) is 22.6 Å². The SMILES string of the molecule is O=C(O)c1ccc(C(=O)Oc2ccc(OC(=O)c3ccc(C(=O)O)c(C(=O)O)c3C(=O)O)cc2)cc1. The minimum absolute atomic E-state index is 0.0168. The summed E-state index contributed by atoms with van der Waals surface area (Å²) in [5.74, 6) is -8.71. The summed E-state index contributed by atoms with van der Waals surface area (Å²) in [6.07, 6.45) is 0. The third kappa shape index (κ3) is 5.34. The van der Waals surface area contributed by atoms with Crippen molar-refractivity contribution in [3.63, 3.8) is 0 Å². The number of carbonyl (C=O) groups excluding carboxylic acids is 2. The Balaban J connectivity index is 1.79. The number of ether oxygens (including phenoxy) is 2. The molecule has 0 radical (unpaired) electrons. The number of hydrogen-bond donors (Lipinski definition) is 4.